The van der Waals surface area contributed by atoms with Crippen LogP contribution in [0, 0.1) is 29.0 Å². The lowest BCUT2D eigenvalue weighted by atomic mass is 10.1. The summed E-state index contributed by atoms with van der Waals surface area (Å²) < 4.78 is 40.5. The van der Waals surface area contributed by atoms with Crippen LogP contribution < -0.4 is 4.72 Å². The van der Waals surface area contributed by atoms with Crippen LogP contribution >= 0.6 is 0 Å². The second kappa shape index (κ2) is 5.76. The van der Waals surface area contributed by atoms with Crippen molar-refractivity contribution in [2.75, 3.05) is 13.2 Å². The van der Waals surface area contributed by atoms with Crippen molar-refractivity contribution in [3.05, 3.63) is 29.6 Å². The van der Waals surface area contributed by atoms with E-state index < -0.39 is 15.8 Å². The third kappa shape index (κ3) is 3.82. The Kier molecular flexibility index (Phi) is 4.38. The number of halogens is 1. The van der Waals surface area contributed by atoms with Gasteiger partial charge < -0.3 is 5.11 Å². The van der Waals surface area contributed by atoms with Gasteiger partial charge in [0.15, 0.2) is 0 Å². The Morgan fingerprint density at radius 3 is 2.67 bits per heavy atom. The monoisotopic (exact) mass is 311 g/mol. The molecule has 6 heteroatoms. The molecule has 1 atom stereocenters. The standard InChI is InChI=1S/C15H18FNO3S/c1-15(2)9-12(15)10-17-21(19,20)13-6-5-11(4-3-7-18)14(16)8-13/h5-6,8,12,17-18H,7,9-10H2,1-2H3. The van der Waals surface area contributed by atoms with Gasteiger partial charge in [0.2, 0.25) is 10.0 Å². The molecule has 1 aliphatic rings. The Morgan fingerprint density at radius 1 is 1.48 bits per heavy atom. The average Bonchev–Trinajstić information content (AvgIpc) is 3.03. The Morgan fingerprint density at radius 2 is 2.14 bits per heavy atom. The van der Waals surface area contributed by atoms with Crippen molar-refractivity contribution in [3.63, 3.8) is 0 Å². The van der Waals surface area contributed by atoms with Crippen LogP contribution in [0.3, 0.4) is 0 Å². The zero-order chi connectivity index (χ0) is 15.7. The summed E-state index contributed by atoms with van der Waals surface area (Å²) in [6, 6.07) is 3.56. The van der Waals surface area contributed by atoms with Crippen LogP contribution in [0.2, 0.25) is 0 Å². The molecule has 4 nitrogen and oxygen atoms in total. The van der Waals surface area contributed by atoms with Crippen LogP contribution in [-0.4, -0.2) is 26.7 Å². The Balaban J connectivity index is 2.11. The summed E-state index contributed by atoms with van der Waals surface area (Å²) in [4.78, 5) is -0.118. The number of aliphatic hydroxyl groups excluding tert-OH is 1. The Labute approximate surface area is 124 Å². The molecular formula is C15H18FNO3S. The van der Waals surface area contributed by atoms with Crippen molar-refractivity contribution < 1.29 is 17.9 Å². The van der Waals surface area contributed by atoms with Crippen molar-refractivity contribution in [2.24, 2.45) is 11.3 Å². The summed E-state index contributed by atoms with van der Waals surface area (Å²) in [6.07, 6.45) is 0.986. The molecule has 0 radical (unpaired) electrons. The first kappa shape index (κ1) is 16.0. The fourth-order valence-electron chi connectivity index (χ4n) is 2.12. The number of aliphatic hydroxyl groups is 1. The normalized spacial score (nSPS) is 19.7. The van der Waals surface area contributed by atoms with Gasteiger partial charge in [-0.2, -0.15) is 0 Å². The molecule has 0 aliphatic heterocycles. The van der Waals surface area contributed by atoms with E-state index in [1.165, 1.54) is 12.1 Å². The van der Waals surface area contributed by atoms with Crippen molar-refractivity contribution in [2.45, 2.75) is 25.2 Å². The van der Waals surface area contributed by atoms with E-state index in [0.29, 0.717) is 12.5 Å². The Hall–Kier alpha value is -1.42. The lowest BCUT2D eigenvalue weighted by Gasteiger charge is -2.08. The highest BCUT2D eigenvalue weighted by Crippen LogP contribution is 2.51. The van der Waals surface area contributed by atoms with E-state index in [-0.39, 0.29) is 22.5 Å². The van der Waals surface area contributed by atoms with E-state index in [9.17, 15) is 12.8 Å². The van der Waals surface area contributed by atoms with Gasteiger partial charge in [-0.05, 0) is 36.0 Å². The maximum atomic E-state index is 13.8. The number of hydrogen-bond donors (Lipinski definition) is 2. The minimum Gasteiger partial charge on any atom is -0.384 e. The Bertz CT molecular complexity index is 701. The molecule has 114 valence electrons. The zero-order valence-electron chi connectivity index (χ0n) is 12.0. The van der Waals surface area contributed by atoms with Crippen LogP contribution in [0.1, 0.15) is 25.8 Å². The molecule has 1 aromatic carbocycles. The second-order valence-electron chi connectivity index (χ2n) is 5.84. The van der Waals surface area contributed by atoms with E-state index in [1.807, 2.05) is 0 Å². The number of nitrogens with one attached hydrogen (secondary N) is 1. The third-order valence-corrected chi connectivity index (χ3v) is 5.21. The number of hydrogen-bond acceptors (Lipinski definition) is 3. The van der Waals surface area contributed by atoms with Crippen LogP contribution in [0.15, 0.2) is 23.1 Å². The van der Waals surface area contributed by atoms with Gasteiger partial charge in [0.25, 0.3) is 0 Å². The van der Waals surface area contributed by atoms with Gasteiger partial charge in [0.05, 0.1) is 10.5 Å². The van der Waals surface area contributed by atoms with Gasteiger partial charge >= 0.3 is 0 Å². The molecule has 0 aromatic heterocycles. The summed E-state index contributed by atoms with van der Waals surface area (Å²) >= 11 is 0. The maximum Gasteiger partial charge on any atom is 0.240 e. The topological polar surface area (TPSA) is 66.4 Å². The summed E-state index contributed by atoms with van der Waals surface area (Å²) in [6.45, 7) is 4.15. The quantitative estimate of drug-likeness (QED) is 0.828. The molecule has 0 saturated heterocycles. The first-order valence-electron chi connectivity index (χ1n) is 6.65. The van der Waals surface area contributed by atoms with Crippen LogP contribution in [-0.2, 0) is 10.0 Å². The van der Waals surface area contributed by atoms with Crippen molar-refractivity contribution in [1.29, 1.82) is 0 Å². The molecular weight excluding hydrogens is 293 g/mol. The molecule has 21 heavy (non-hydrogen) atoms. The van der Waals surface area contributed by atoms with Crippen molar-refractivity contribution in [1.82, 2.24) is 4.72 Å². The lowest BCUT2D eigenvalue weighted by Crippen LogP contribution is -2.27. The number of rotatable bonds is 4. The SMILES string of the molecule is CC1(C)CC1CNS(=O)(=O)c1ccc(C#CCO)c(F)c1. The molecule has 0 spiro atoms. The molecule has 1 aromatic rings. The third-order valence-electron chi connectivity index (χ3n) is 3.79. The smallest absolute Gasteiger partial charge is 0.240 e. The molecule has 1 fully saturated rings. The molecule has 0 bridgehead atoms. The maximum absolute atomic E-state index is 13.8. The van der Waals surface area contributed by atoms with Crippen LogP contribution in [0.4, 0.5) is 4.39 Å². The van der Waals surface area contributed by atoms with Gasteiger partial charge in [-0.25, -0.2) is 17.5 Å². The summed E-state index contributed by atoms with van der Waals surface area (Å²) in [5.41, 5.74) is 0.239. The molecule has 2 N–H and O–H groups in total. The van der Waals surface area contributed by atoms with Gasteiger partial charge in [0, 0.05) is 6.54 Å². The molecule has 0 amide bonds. The van der Waals surface area contributed by atoms with Crippen molar-refractivity contribution >= 4 is 10.0 Å². The predicted molar refractivity (Wildman–Crippen MR) is 77.4 cm³/mol. The van der Waals surface area contributed by atoms with Crippen LogP contribution in [0.25, 0.3) is 0 Å². The fraction of sp³-hybridized carbons (Fsp3) is 0.467. The number of sulfonamides is 1. The van der Waals surface area contributed by atoms with Gasteiger partial charge in [0.1, 0.15) is 12.4 Å². The molecule has 1 unspecified atom stereocenters. The molecule has 2 rings (SSSR count). The number of benzene rings is 1. The van der Waals surface area contributed by atoms with E-state index in [2.05, 4.69) is 30.4 Å². The van der Waals surface area contributed by atoms with E-state index >= 15 is 0 Å². The molecule has 1 saturated carbocycles. The first-order valence-corrected chi connectivity index (χ1v) is 8.13. The van der Waals surface area contributed by atoms with Gasteiger partial charge in [-0.15, -0.1) is 0 Å². The van der Waals surface area contributed by atoms with E-state index in [0.717, 1.165) is 12.5 Å². The molecule has 1 aliphatic carbocycles. The highest BCUT2D eigenvalue weighted by Gasteiger charge is 2.45. The minimum atomic E-state index is -3.71. The average molecular weight is 311 g/mol. The van der Waals surface area contributed by atoms with Gasteiger partial charge in [-0.1, -0.05) is 25.7 Å². The molecule has 0 heterocycles. The lowest BCUT2D eigenvalue weighted by molar-refractivity contribution is 0.350. The van der Waals surface area contributed by atoms with Crippen molar-refractivity contribution in [3.8, 4) is 11.8 Å². The van der Waals surface area contributed by atoms with Gasteiger partial charge in [-0.3, -0.25) is 0 Å². The summed E-state index contributed by atoms with van der Waals surface area (Å²) in [5, 5.41) is 8.57. The second-order valence-corrected chi connectivity index (χ2v) is 7.61. The highest BCUT2D eigenvalue weighted by molar-refractivity contribution is 7.89. The zero-order valence-corrected chi connectivity index (χ0v) is 12.8. The largest absolute Gasteiger partial charge is 0.384 e. The fourth-order valence-corrected chi connectivity index (χ4v) is 3.21. The summed E-state index contributed by atoms with van der Waals surface area (Å²) in [7, 11) is -3.71. The predicted octanol–water partition coefficient (Wildman–Crippen LogP) is 1.49. The van der Waals surface area contributed by atoms with E-state index in [1.54, 1.807) is 0 Å². The highest BCUT2D eigenvalue weighted by atomic mass is 32.2. The first-order chi connectivity index (χ1) is 9.76. The van der Waals surface area contributed by atoms with Crippen LogP contribution in [0.5, 0.6) is 0 Å². The minimum absolute atomic E-state index is 0.0614. The van der Waals surface area contributed by atoms with E-state index in [4.69, 9.17) is 5.11 Å². The summed E-state index contributed by atoms with van der Waals surface area (Å²) in [5.74, 6) is 4.35.